The monoisotopic (exact) mass is 446 g/mol. The van der Waals surface area contributed by atoms with Crippen LogP contribution in [-0.2, 0) is 19.6 Å². The van der Waals surface area contributed by atoms with Gasteiger partial charge in [0.1, 0.15) is 11.9 Å². The summed E-state index contributed by atoms with van der Waals surface area (Å²) in [6.07, 6.45) is -0.261. The topological polar surface area (TPSA) is 74.8 Å². The molecule has 1 atom stereocenters. The number of carbonyl (C=O) groups is 2. The number of anilines is 1. The lowest BCUT2D eigenvalue weighted by molar-refractivity contribution is -0.122. The summed E-state index contributed by atoms with van der Waals surface area (Å²) in [6.45, 7) is 9.06. The van der Waals surface area contributed by atoms with Crippen molar-refractivity contribution in [1.82, 2.24) is 4.31 Å². The average Bonchev–Trinajstić information content (AvgIpc) is 2.94. The van der Waals surface area contributed by atoms with Crippen molar-refractivity contribution >= 4 is 27.5 Å². The van der Waals surface area contributed by atoms with Crippen LogP contribution in [0.4, 0.5) is 10.1 Å². The van der Waals surface area contributed by atoms with Crippen molar-refractivity contribution in [2.24, 2.45) is 0 Å². The molecule has 1 saturated heterocycles. The summed E-state index contributed by atoms with van der Waals surface area (Å²) in [7, 11) is -4.17. The second-order valence-electron chi connectivity index (χ2n) is 8.96. The number of hydrogen-bond acceptors (Lipinski definition) is 4. The van der Waals surface area contributed by atoms with Crippen LogP contribution in [0.2, 0.25) is 0 Å². The number of halogens is 1. The Kier molecular flexibility index (Phi) is 6.08. The second-order valence-corrected chi connectivity index (χ2v) is 10.8. The van der Waals surface area contributed by atoms with Gasteiger partial charge in [0, 0.05) is 5.54 Å². The lowest BCUT2D eigenvalue weighted by Crippen LogP contribution is -2.54. The fourth-order valence-electron chi connectivity index (χ4n) is 3.79. The predicted octanol–water partition coefficient (Wildman–Crippen LogP) is 4.07. The first-order valence-corrected chi connectivity index (χ1v) is 11.5. The molecule has 0 aromatic heterocycles. The van der Waals surface area contributed by atoms with Crippen LogP contribution in [0.15, 0.2) is 53.4 Å². The molecule has 0 spiro atoms. The highest BCUT2D eigenvalue weighted by molar-refractivity contribution is 7.89. The first-order chi connectivity index (χ1) is 14.3. The Labute approximate surface area is 182 Å². The molecule has 2 aromatic rings. The lowest BCUT2D eigenvalue weighted by atomic mass is 10.0. The quantitative estimate of drug-likeness (QED) is 0.649. The highest BCUT2D eigenvalue weighted by Crippen LogP contribution is 2.34. The molecule has 0 bridgehead atoms. The van der Waals surface area contributed by atoms with E-state index in [0.717, 1.165) is 39.0 Å². The summed E-state index contributed by atoms with van der Waals surface area (Å²) >= 11 is 0. The van der Waals surface area contributed by atoms with E-state index in [0.29, 0.717) is 11.6 Å². The van der Waals surface area contributed by atoms with Gasteiger partial charge in [-0.25, -0.2) is 17.7 Å². The molecular formula is C23H27FN2O4S. The van der Waals surface area contributed by atoms with Crippen LogP contribution in [0.1, 0.15) is 52.5 Å². The minimum Gasteiger partial charge on any atom is -0.274 e. The van der Waals surface area contributed by atoms with Crippen LogP contribution in [0, 0.1) is 5.82 Å². The minimum atomic E-state index is -4.17. The molecule has 3 rings (SSSR count). The molecule has 2 aromatic carbocycles. The zero-order valence-electron chi connectivity index (χ0n) is 18.3. The van der Waals surface area contributed by atoms with Crippen molar-refractivity contribution in [1.29, 1.82) is 0 Å². The van der Waals surface area contributed by atoms with Gasteiger partial charge in [0.15, 0.2) is 0 Å². The first-order valence-electron chi connectivity index (χ1n) is 10.1. The molecule has 0 radical (unpaired) electrons. The molecule has 0 aliphatic carbocycles. The first kappa shape index (κ1) is 23.1. The number of nitrogens with zero attached hydrogens (tertiary/aromatic N) is 2. The zero-order chi connectivity index (χ0) is 23.1. The summed E-state index contributed by atoms with van der Waals surface area (Å²) in [5, 5.41) is 0. The Hall–Kier alpha value is -2.58. The van der Waals surface area contributed by atoms with Gasteiger partial charge in [-0.2, -0.15) is 4.31 Å². The van der Waals surface area contributed by atoms with Gasteiger partial charge in [0.2, 0.25) is 15.9 Å². The highest BCUT2D eigenvalue weighted by Gasteiger charge is 2.50. The third-order valence-electron chi connectivity index (χ3n) is 5.26. The summed E-state index contributed by atoms with van der Waals surface area (Å²) in [5.74, 6) is -1.33. The van der Waals surface area contributed by atoms with Crippen molar-refractivity contribution in [2.45, 2.75) is 63.4 Å². The van der Waals surface area contributed by atoms with Gasteiger partial charge in [-0.1, -0.05) is 26.0 Å². The van der Waals surface area contributed by atoms with Crippen LogP contribution < -0.4 is 4.90 Å². The average molecular weight is 447 g/mol. The molecule has 2 amide bonds. The van der Waals surface area contributed by atoms with E-state index in [9.17, 15) is 22.4 Å². The largest absolute Gasteiger partial charge is 0.274 e. The fraction of sp³-hybridized carbons (Fsp3) is 0.391. The zero-order valence-corrected chi connectivity index (χ0v) is 19.1. The summed E-state index contributed by atoms with van der Waals surface area (Å²) < 4.78 is 41.2. The maximum absolute atomic E-state index is 13.4. The molecule has 0 saturated carbocycles. The molecule has 1 heterocycles. The highest BCUT2D eigenvalue weighted by atomic mass is 32.2. The molecule has 6 nitrogen and oxygen atoms in total. The molecule has 8 heteroatoms. The number of hydrogen-bond donors (Lipinski definition) is 0. The van der Waals surface area contributed by atoms with E-state index in [1.165, 1.54) is 0 Å². The SMILES string of the molecule is CC(C)c1ccc(N2C(=O)CC(N(C(C)(C)C)S(=O)(=O)c3ccc(F)cc3)C2=O)cc1. The Morgan fingerprint density at radius 2 is 1.55 bits per heavy atom. The van der Waals surface area contributed by atoms with Gasteiger partial charge >= 0.3 is 0 Å². The van der Waals surface area contributed by atoms with Crippen LogP contribution >= 0.6 is 0 Å². The number of amides is 2. The molecule has 1 aliphatic heterocycles. The van der Waals surface area contributed by atoms with Gasteiger partial charge in [0.05, 0.1) is 17.0 Å². The number of benzene rings is 2. The van der Waals surface area contributed by atoms with Gasteiger partial charge in [-0.15, -0.1) is 0 Å². The minimum absolute atomic E-state index is 0.135. The molecule has 166 valence electrons. The van der Waals surface area contributed by atoms with E-state index < -0.39 is 39.2 Å². The predicted molar refractivity (Wildman–Crippen MR) is 117 cm³/mol. The van der Waals surface area contributed by atoms with Crippen LogP contribution in [-0.4, -0.2) is 36.1 Å². The van der Waals surface area contributed by atoms with Gasteiger partial charge in [-0.3, -0.25) is 9.59 Å². The lowest BCUT2D eigenvalue weighted by Gasteiger charge is -2.37. The summed E-state index contributed by atoms with van der Waals surface area (Å²) in [5.41, 5.74) is 0.482. The Morgan fingerprint density at radius 3 is 2.03 bits per heavy atom. The van der Waals surface area contributed by atoms with E-state index >= 15 is 0 Å². The third kappa shape index (κ3) is 4.41. The Morgan fingerprint density at radius 1 is 1.00 bits per heavy atom. The molecule has 1 aliphatic rings. The maximum Gasteiger partial charge on any atom is 0.252 e. The van der Waals surface area contributed by atoms with Gasteiger partial charge in [-0.05, 0) is 68.7 Å². The number of imide groups is 1. The fourth-order valence-corrected chi connectivity index (χ4v) is 5.72. The number of rotatable bonds is 5. The smallest absolute Gasteiger partial charge is 0.252 e. The molecular weight excluding hydrogens is 419 g/mol. The van der Waals surface area contributed by atoms with Crippen molar-refractivity contribution in [3.8, 4) is 0 Å². The van der Waals surface area contributed by atoms with Gasteiger partial charge < -0.3 is 0 Å². The maximum atomic E-state index is 13.4. The van der Waals surface area contributed by atoms with Crippen molar-refractivity contribution in [3.63, 3.8) is 0 Å². The summed E-state index contributed by atoms with van der Waals surface area (Å²) in [4.78, 5) is 27.0. The van der Waals surface area contributed by atoms with Crippen molar-refractivity contribution < 1.29 is 22.4 Å². The Balaban J connectivity index is 2.01. The van der Waals surface area contributed by atoms with E-state index in [1.807, 2.05) is 26.0 Å². The van der Waals surface area contributed by atoms with Crippen LogP contribution in [0.5, 0.6) is 0 Å². The van der Waals surface area contributed by atoms with Crippen molar-refractivity contribution in [2.75, 3.05) is 4.90 Å². The molecule has 1 unspecified atom stereocenters. The van der Waals surface area contributed by atoms with Crippen LogP contribution in [0.25, 0.3) is 0 Å². The van der Waals surface area contributed by atoms with Gasteiger partial charge in [0.25, 0.3) is 5.91 Å². The molecule has 1 fully saturated rings. The molecule has 31 heavy (non-hydrogen) atoms. The van der Waals surface area contributed by atoms with E-state index in [4.69, 9.17) is 0 Å². The van der Waals surface area contributed by atoms with Crippen molar-refractivity contribution in [3.05, 3.63) is 59.9 Å². The van der Waals surface area contributed by atoms with E-state index in [2.05, 4.69) is 0 Å². The van der Waals surface area contributed by atoms with Crippen LogP contribution in [0.3, 0.4) is 0 Å². The standard InChI is InChI=1S/C23H27FN2O4S/c1-15(2)16-6-10-18(11-7-16)25-21(27)14-20(22(25)28)26(23(3,4)5)31(29,30)19-12-8-17(24)9-13-19/h6-13,15,20H,14H2,1-5H3. The normalized spacial score (nSPS) is 17.8. The molecule has 0 N–H and O–H groups in total. The Bertz CT molecular complexity index is 1090. The number of sulfonamides is 1. The van der Waals surface area contributed by atoms with E-state index in [-0.39, 0.29) is 11.3 Å². The number of carbonyl (C=O) groups excluding carboxylic acids is 2. The van der Waals surface area contributed by atoms with E-state index in [1.54, 1.807) is 32.9 Å². The third-order valence-corrected chi connectivity index (χ3v) is 7.44. The second kappa shape index (κ2) is 8.16. The summed E-state index contributed by atoms with van der Waals surface area (Å²) in [6, 6.07) is 10.3.